The Morgan fingerprint density at radius 2 is 1.89 bits per heavy atom. The summed E-state index contributed by atoms with van der Waals surface area (Å²) in [5.41, 5.74) is 2.19. The van der Waals surface area contributed by atoms with Crippen molar-refractivity contribution in [3.8, 4) is 0 Å². The molecule has 2 heterocycles. The number of carbonyl (C=O) groups is 2. The van der Waals surface area contributed by atoms with Crippen LogP contribution in [0.25, 0.3) is 0 Å². The number of fused-ring (bicyclic) bond motifs is 2. The monoisotopic (exact) mass is 385 g/mol. The summed E-state index contributed by atoms with van der Waals surface area (Å²) in [5, 5.41) is 2.79. The van der Waals surface area contributed by atoms with Crippen molar-refractivity contribution in [2.24, 2.45) is 0 Å². The molecule has 1 fully saturated rings. The molecule has 2 aliphatic rings. The minimum absolute atomic E-state index is 0.0127. The number of benzene rings is 2. The van der Waals surface area contributed by atoms with Crippen LogP contribution in [0.15, 0.2) is 48.5 Å². The lowest BCUT2D eigenvalue weighted by Gasteiger charge is -2.33. The average Bonchev–Trinajstić information content (AvgIpc) is 3.19. The molecule has 1 saturated heterocycles. The summed E-state index contributed by atoms with van der Waals surface area (Å²) in [6.45, 7) is 4.40. The lowest BCUT2D eigenvalue weighted by atomic mass is 10.1. The van der Waals surface area contributed by atoms with E-state index in [1.54, 1.807) is 9.80 Å². The first-order valence-corrected chi connectivity index (χ1v) is 9.85. The van der Waals surface area contributed by atoms with E-state index in [9.17, 15) is 14.0 Å². The van der Waals surface area contributed by atoms with E-state index in [0.29, 0.717) is 18.0 Å². The standard InChI is InChI=1S/C20H20FN3O2S/c1-13(2)24-17-6-4-3-5-16(17)20(18(24)25)23(11-12-27-20)19(26)22-15-9-7-14(21)8-10-15/h3-10,13H,11-12H2,1-2H3,(H,22,26). The Kier molecular flexibility index (Phi) is 4.34. The van der Waals surface area contributed by atoms with Gasteiger partial charge in [0.05, 0.1) is 5.69 Å². The smallest absolute Gasteiger partial charge is 0.308 e. The maximum Gasteiger partial charge on any atom is 0.323 e. The van der Waals surface area contributed by atoms with Gasteiger partial charge in [0.1, 0.15) is 5.82 Å². The molecule has 1 spiro atoms. The summed E-state index contributed by atoms with van der Waals surface area (Å²) >= 11 is 1.49. The van der Waals surface area contributed by atoms with Crippen LogP contribution in [0.2, 0.25) is 0 Å². The predicted molar refractivity (Wildman–Crippen MR) is 105 cm³/mol. The molecule has 3 amide bonds. The van der Waals surface area contributed by atoms with E-state index < -0.39 is 4.87 Å². The zero-order valence-electron chi connectivity index (χ0n) is 15.1. The third kappa shape index (κ3) is 2.68. The Morgan fingerprint density at radius 3 is 2.59 bits per heavy atom. The van der Waals surface area contributed by atoms with Gasteiger partial charge in [-0.05, 0) is 44.2 Å². The van der Waals surface area contributed by atoms with Gasteiger partial charge < -0.3 is 10.2 Å². The van der Waals surface area contributed by atoms with Gasteiger partial charge >= 0.3 is 6.03 Å². The fourth-order valence-corrected chi connectivity index (χ4v) is 5.21. The van der Waals surface area contributed by atoms with Gasteiger partial charge in [0.15, 0.2) is 4.87 Å². The molecule has 0 aliphatic carbocycles. The number of carbonyl (C=O) groups excluding carboxylic acids is 2. The summed E-state index contributed by atoms with van der Waals surface area (Å²) in [4.78, 5) is 28.8. The van der Waals surface area contributed by atoms with Gasteiger partial charge in [0, 0.05) is 29.6 Å². The van der Waals surface area contributed by atoms with E-state index in [1.807, 2.05) is 38.1 Å². The van der Waals surface area contributed by atoms with Crippen molar-refractivity contribution < 1.29 is 14.0 Å². The number of urea groups is 1. The van der Waals surface area contributed by atoms with Crippen LogP contribution < -0.4 is 10.2 Å². The summed E-state index contributed by atoms with van der Waals surface area (Å²) < 4.78 is 13.1. The Morgan fingerprint density at radius 1 is 1.19 bits per heavy atom. The predicted octanol–water partition coefficient (Wildman–Crippen LogP) is 4.01. The topological polar surface area (TPSA) is 52.7 Å². The van der Waals surface area contributed by atoms with E-state index in [4.69, 9.17) is 0 Å². The molecule has 1 N–H and O–H groups in total. The second-order valence-electron chi connectivity index (χ2n) is 6.87. The lowest BCUT2D eigenvalue weighted by Crippen LogP contribution is -2.52. The first-order valence-electron chi connectivity index (χ1n) is 8.86. The number of hydrogen-bond donors (Lipinski definition) is 1. The number of nitrogens with zero attached hydrogens (tertiary/aromatic N) is 2. The SMILES string of the molecule is CC(C)N1C(=O)C2(SCCN2C(=O)Nc2ccc(F)cc2)c2ccccc21. The van der Waals surface area contributed by atoms with Crippen molar-refractivity contribution in [1.82, 2.24) is 4.90 Å². The second-order valence-corrected chi connectivity index (χ2v) is 8.15. The molecule has 27 heavy (non-hydrogen) atoms. The van der Waals surface area contributed by atoms with Crippen LogP contribution in [0.3, 0.4) is 0 Å². The van der Waals surface area contributed by atoms with Gasteiger partial charge in [-0.1, -0.05) is 18.2 Å². The van der Waals surface area contributed by atoms with E-state index in [2.05, 4.69) is 5.32 Å². The van der Waals surface area contributed by atoms with Crippen LogP contribution in [-0.4, -0.2) is 35.2 Å². The Hall–Kier alpha value is -2.54. The fraction of sp³-hybridized carbons (Fsp3) is 0.300. The summed E-state index contributed by atoms with van der Waals surface area (Å²) in [6, 6.07) is 12.9. The largest absolute Gasteiger partial charge is 0.323 e. The highest BCUT2D eigenvalue weighted by Crippen LogP contribution is 2.54. The molecule has 2 aliphatic heterocycles. The fourth-order valence-electron chi connectivity index (χ4n) is 3.76. The van der Waals surface area contributed by atoms with Crippen molar-refractivity contribution >= 4 is 35.1 Å². The highest BCUT2D eigenvalue weighted by Gasteiger charge is 2.59. The molecule has 0 saturated carbocycles. The summed E-state index contributed by atoms with van der Waals surface area (Å²) in [6.07, 6.45) is 0. The van der Waals surface area contributed by atoms with Crippen molar-refractivity contribution in [2.45, 2.75) is 24.8 Å². The van der Waals surface area contributed by atoms with E-state index in [1.165, 1.54) is 36.0 Å². The highest BCUT2D eigenvalue weighted by molar-refractivity contribution is 8.01. The molecule has 0 radical (unpaired) electrons. The molecule has 1 unspecified atom stereocenters. The summed E-state index contributed by atoms with van der Waals surface area (Å²) in [7, 11) is 0. The van der Waals surface area contributed by atoms with Gasteiger partial charge in [-0.15, -0.1) is 11.8 Å². The molecule has 0 aromatic heterocycles. The maximum atomic E-state index is 13.5. The van der Waals surface area contributed by atoms with E-state index >= 15 is 0 Å². The van der Waals surface area contributed by atoms with Crippen LogP contribution in [0.5, 0.6) is 0 Å². The number of amides is 3. The third-order valence-corrected chi connectivity index (χ3v) is 6.32. The summed E-state index contributed by atoms with van der Waals surface area (Å²) in [5.74, 6) is 0.215. The third-order valence-electron chi connectivity index (χ3n) is 4.90. The lowest BCUT2D eigenvalue weighted by molar-refractivity contribution is -0.123. The number of nitrogens with one attached hydrogen (secondary N) is 1. The molecule has 4 rings (SSSR count). The molecule has 140 valence electrons. The van der Waals surface area contributed by atoms with Crippen molar-refractivity contribution in [3.05, 3.63) is 59.9 Å². The first-order chi connectivity index (χ1) is 12.9. The van der Waals surface area contributed by atoms with Crippen LogP contribution in [0.1, 0.15) is 19.4 Å². The van der Waals surface area contributed by atoms with Gasteiger partial charge in [0.25, 0.3) is 5.91 Å². The Bertz CT molecular complexity index is 902. The maximum absolute atomic E-state index is 13.5. The second kappa shape index (κ2) is 6.56. The first kappa shape index (κ1) is 17.9. The molecule has 1 atom stereocenters. The number of thioether (sulfide) groups is 1. The van der Waals surface area contributed by atoms with Gasteiger partial charge in [-0.2, -0.15) is 0 Å². The number of halogens is 1. The zero-order chi connectivity index (χ0) is 19.2. The molecule has 0 bridgehead atoms. The quantitative estimate of drug-likeness (QED) is 0.850. The molecule has 5 nitrogen and oxygen atoms in total. The van der Waals surface area contributed by atoms with Gasteiger partial charge in [0.2, 0.25) is 0 Å². The van der Waals surface area contributed by atoms with Crippen LogP contribution in [-0.2, 0) is 9.67 Å². The molecular formula is C20H20FN3O2S. The number of anilines is 2. The van der Waals surface area contributed by atoms with Crippen molar-refractivity contribution in [3.63, 3.8) is 0 Å². The highest BCUT2D eigenvalue weighted by atomic mass is 32.2. The van der Waals surface area contributed by atoms with E-state index in [-0.39, 0.29) is 23.8 Å². The molecular weight excluding hydrogens is 365 g/mol. The molecule has 2 aromatic carbocycles. The average molecular weight is 385 g/mol. The van der Waals surface area contributed by atoms with Gasteiger partial charge in [-0.3, -0.25) is 9.69 Å². The number of rotatable bonds is 2. The van der Waals surface area contributed by atoms with Crippen LogP contribution >= 0.6 is 11.8 Å². The normalized spacial score (nSPS) is 21.3. The molecule has 2 aromatic rings. The van der Waals surface area contributed by atoms with Crippen molar-refractivity contribution in [2.75, 3.05) is 22.5 Å². The Labute approximate surface area is 161 Å². The zero-order valence-corrected chi connectivity index (χ0v) is 15.9. The van der Waals surface area contributed by atoms with Crippen molar-refractivity contribution in [1.29, 1.82) is 0 Å². The van der Waals surface area contributed by atoms with E-state index in [0.717, 1.165) is 11.3 Å². The molecule has 7 heteroatoms. The van der Waals surface area contributed by atoms with Gasteiger partial charge in [-0.25, -0.2) is 9.18 Å². The van der Waals surface area contributed by atoms with Crippen LogP contribution in [0.4, 0.5) is 20.6 Å². The van der Waals surface area contributed by atoms with Crippen LogP contribution in [0, 0.1) is 5.82 Å². The minimum Gasteiger partial charge on any atom is -0.308 e. The Balaban J connectivity index is 1.72. The number of hydrogen-bond acceptors (Lipinski definition) is 3. The number of para-hydroxylation sites is 1. The minimum atomic E-state index is -1.05.